The quantitative estimate of drug-likeness (QED) is 0.807. The predicted octanol–water partition coefficient (Wildman–Crippen LogP) is 3.01. The summed E-state index contributed by atoms with van der Waals surface area (Å²) in [7, 11) is -1.88. The van der Waals surface area contributed by atoms with Crippen molar-refractivity contribution in [3.8, 4) is 0 Å². The van der Waals surface area contributed by atoms with Crippen molar-refractivity contribution < 1.29 is 8.42 Å². The Morgan fingerprint density at radius 2 is 1.68 bits per heavy atom. The molecule has 0 aromatic heterocycles. The third-order valence-electron chi connectivity index (χ3n) is 2.81. The molecule has 7 heteroatoms. The second-order valence-electron chi connectivity index (χ2n) is 4.10. The Kier molecular flexibility index (Phi) is 6.08. The van der Waals surface area contributed by atoms with Crippen LogP contribution in [-0.4, -0.2) is 37.2 Å². The van der Waals surface area contributed by atoms with E-state index >= 15 is 0 Å². The molecule has 0 heterocycles. The van der Waals surface area contributed by atoms with E-state index in [1.54, 1.807) is 25.2 Å². The molecule has 0 saturated carbocycles. The minimum absolute atomic E-state index is 0.260. The van der Waals surface area contributed by atoms with E-state index in [1.807, 2.05) is 13.8 Å². The molecule has 0 aliphatic rings. The van der Waals surface area contributed by atoms with Crippen LogP contribution >= 0.6 is 23.2 Å². The Balaban J connectivity index is 2.89. The first-order valence-corrected chi connectivity index (χ1v) is 8.13. The summed E-state index contributed by atoms with van der Waals surface area (Å²) >= 11 is 11.7. The van der Waals surface area contributed by atoms with Gasteiger partial charge in [-0.1, -0.05) is 43.1 Å². The van der Waals surface area contributed by atoms with Gasteiger partial charge in [-0.05, 0) is 17.7 Å². The maximum atomic E-state index is 12.2. The van der Waals surface area contributed by atoms with Crippen LogP contribution < -0.4 is 0 Å². The van der Waals surface area contributed by atoms with Gasteiger partial charge in [-0.3, -0.25) is 0 Å². The summed E-state index contributed by atoms with van der Waals surface area (Å²) in [5, 5.41) is 0.882. The second kappa shape index (κ2) is 6.90. The average molecular weight is 325 g/mol. The molecular formula is C12H18Cl2N2O2S. The fourth-order valence-corrected chi connectivity index (χ4v) is 3.40. The molecule has 0 spiro atoms. The molecule has 4 nitrogen and oxygen atoms in total. The first-order valence-electron chi connectivity index (χ1n) is 5.98. The Morgan fingerprint density at radius 3 is 2.16 bits per heavy atom. The Hall–Kier alpha value is -0.330. The normalized spacial score (nSPS) is 12.4. The number of benzene rings is 1. The van der Waals surface area contributed by atoms with E-state index in [1.165, 1.54) is 8.61 Å². The van der Waals surface area contributed by atoms with Gasteiger partial charge in [-0.2, -0.15) is 17.0 Å². The number of rotatable bonds is 6. The maximum Gasteiger partial charge on any atom is 0.282 e. The van der Waals surface area contributed by atoms with Crippen LogP contribution in [0.1, 0.15) is 19.4 Å². The minimum atomic E-state index is -3.43. The van der Waals surface area contributed by atoms with Crippen LogP contribution in [0.2, 0.25) is 10.0 Å². The van der Waals surface area contributed by atoms with Gasteiger partial charge in [0, 0.05) is 26.7 Å². The molecular weight excluding hydrogens is 307 g/mol. The van der Waals surface area contributed by atoms with Crippen LogP contribution in [0.5, 0.6) is 0 Å². The minimum Gasteiger partial charge on any atom is -0.195 e. The smallest absolute Gasteiger partial charge is 0.195 e. The van der Waals surface area contributed by atoms with Gasteiger partial charge in [0.15, 0.2) is 0 Å². The van der Waals surface area contributed by atoms with Crippen LogP contribution in [0.3, 0.4) is 0 Å². The fraction of sp³-hybridized carbons (Fsp3) is 0.500. The van der Waals surface area contributed by atoms with Gasteiger partial charge >= 0.3 is 0 Å². The molecule has 0 saturated heterocycles. The molecule has 0 aliphatic heterocycles. The first-order chi connectivity index (χ1) is 8.82. The van der Waals surface area contributed by atoms with Gasteiger partial charge in [-0.25, -0.2) is 0 Å². The number of hydrogen-bond acceptors (Lipinski definition) is 2. The Labute approximate surface area is 125 Å². The highest BCUT2D eigenvalue weighted by molar-refractivity contribution is 7.86. The van der Waals surface area contributed by atoms with Crippen molar-refractivity contribution in [2.24, 2.45) is 0 Å². The van der Waals surface area contributed by atoms with Crippen molar-refractivity contribution in [1.29, 1.82) is 0 Å². The summed E-state index contributed by atoms with van der Waals surface area (Å²) < 4.78 is 27.2. The van der Waals surface area contributed by atoms with Crippen LogP contribution in [-0.2, 0) is 16.8 Å². The van der Waals surface area contributed by atoms with Crippen LogP contribution in [0.25, 0.3) is 0 Å². The van der Waals surface area contributed by atoms with Crippen molar-refractivity contribution in [1.82, 2.24) is 8.61 Å². The molecule has 0 amide bonds. The molecule has 1 rings (SSSR count). The average Bonchev–Trinajstić information content (AvgIpc) is 2.35. The summed E-state index contributed by atoms with van der Waals surface area (Å²) in [6.07, 6.45) is 0. The largest absolute Gasteiger partial charge is 0.282 e. The lowest BCUT2D eigenvalue weighted by Crippen LogP contribution is -2.41. The summed E-state index contributed by atoms with van der Waals surface area (Å²) in [6, 6.07) is 5.11. The van der Waals surface area contributed by atoms with Crippen molar-refractivity contribution in [2.45, 2.75) is 20.4 Å². The molecule has 19 heavy (non-hydrogen) atoms. The van der Waals surface area contributed by atoms with Crippen molar-refractivity contribution in [3.63, 3.8) is 0 Å². The van der Waals surface area contributed by atoms with Gasteiger partial charge in [0.2, 0.25) is 0 Å². The zero-order valence-electron chi connectivity index (χ0n) is 11.2. The van der Waals surface area contributed by atoms with Crippen molar-refractivity contribution in [2.75, 3.05) is 20.1 Å². The van der Waals surface area contributed by atoms with Gasteiger partial charge in [0.25, 0.3) is 10.2 Å². The zero-order chi connectivity index (χ0) is 14.6. The molecule has 0 unspecified atom stereocenters. The third kappa shape index (κ3) is 4.07. The van der Waals surface area contributed by atoms with E-state index in [2.05, 4.69) is 0 Å². The van der Waals surface area contributed by atoms with E-state index in [0.29, 0.717) is 23.1 Å². The molecule has 0 aliphatic carbocycles. The molecule has 1 aromatic rings. The molecule has 0 atom stereocenters. The highest BCUT2D eigenvalue weighted by atomic mass is 35.5. The summed E-state index contributed by atoms with van der Waals surface area (Å²) in [5.41, 5.74) is 0.799. The highest BCUT2D eigenvalue weighted by Crippen LogP contribution is 2.23. The van der Waals surface area contributed by atoms with E-state index < -0.39 is 10.2 Å². The summed E-state index contributed by atoms with van der Waals surface area (Å²) in [4.78, 5) is 0. The van der Waals surface area contributed by atoms with Gasteiger partial charge in [-0.15, -0.1) is 0 Å². The van der Waals surface area contributed by atoms with Gasteiger partial charge in [0.05, 0.1) is 10.0 Å². The maximum absolute atomic E-state index is 12.2. The lowest BCUT2D eigenvalue weighted by atomic mass is 10.2. The van der Waals surface area contributed by atoms with E-state index in [-0.39, 0.29) is 6.54 Å². The van der Waals surface area contributed by atoms with Crippen LogP contribution in [0.4, 0.5) is 0 Å². The molecule has 108 valence electrons. The van der Waals surface area contributed by atoms with E-state index in [0.717, 1.165) is 5.56 Å². The first kappa shape index (κ1) is 16.7. The third-order valence-corrected chi connectivity index (χ3v) is 5.64. The Bertz CT molecular complexity index is 531. The molecule has 0 fully saturated rings. The van der Waals surface area contributed by atoms with E-state index in [9.17, 15) is 8.42 Å². The second-order valence-corrected chi connectivity index (χ2v) is 6.95. The number of nitrogens with zero attached hydrogens (tertiary/aromatic N) is 2. The molecule has 1 aromatic carbocycles. The molecule has 0 bridgehead atoms. The monoisotopic (exact) mass is 324 g/mol. The van der Waals surface area contributed by atoms with Crippen LogP contribution in [0, 0.1) is 0 Å². The van der Waals surface area contributed by atoms with E-state index in [4.69, 9.17) is 23.2 Å². The lowest BCUT2D eigenvalue weighted by molar-refractivity contribution is 0.375. The standard InChI is InChI=1S/C12H18Cl2N2O2S/c1-4-16(5-2)19(17,18)15(3)9-10-6-7-11(13)12(14)8-10/h6-8H,4-5,9H2,1-3H3. The molecule has 0 radical (unpaired) electrons. The topological polar surface area (TPSA) is 40.6 Å². The highest BCUT2D eigenvalue weighted by Gasteiger charge is 2.24. The summed E-state index contributed by atoms with van der Waals surface area (Å²) in [6.45, 7) is 4.78. The summed E-state index contributed by atoms with van der Waals surface area (Å²) in [5.74, 6) is 0. The van der Waals surface area contributed by atoms with Gasteiger partial charge in [0.1, 0.15) is 0 Å². The lowest BCUT2D eigenvalue weighted by Gasteiger charge is -2.25. The van der Waals surface area contributed by atoms with Crippen molar-refractivity contribution in [3.05, 3.63) is 33.8 Å². The Morgan fingerprint density at radius 1 is 1.11 bits per heavy atom. The molecule has 0 N–H and O–H groups in total. The fourth-order valence-electron chi connectivity index (χ4n) is 1.72. The van der Waals surface area contributed by atoms with Crippen LogP contribution in [0.15, 0.2) is 18.2 Å². The van der Waals surface area contributed by atoms with Gasteiger partial charge < -0.3 is 0 Å². The van der Waals surface area contributed by atoms with Crippen molar-refractivity contribution >= 4 is 33.4 Å². The SMILES string of the molecule is CCN(CC)S(=O)(=O)N(C)Cc1ccc(Cl)c(Cl)c1. The number of halogens is 2. The zero-order valence-corrected chi connectivity index (χ0v) is 13.6. The predicted molar refractivity (Wildman–Crippen MR) is 79.8 cm³/mol. The number of hydrogen-bond donors (Lipinski definition) is 0.